The van der Waals surface area contributed by atoms with E-state index in [1.807, 2.05) is 48.2 Å². The SMILES string of the molecule is Cc1ccc(C)c(S(=O)(=O)N(CCc2ccccc2)CC(=O)N2CCN(c3ccccc3F)CC2)c1. The second-order valence-corrected chi connectivity index (χ2v) is 11.1. The lowest BCUT2D eigenvalue weighted by molar-refractivity contribution is -0.131. The van der Waals surface area contributed by atoms with Crippen molar-refractivity contribution in [2.24, 2.45) is 0 Å². The molecular formula is C28H32FN3O3S. The van der Waals surface area contributed by atoms with Crippen LogP contribution in [0, 0.1) is 19.7 Å². The number of hydrogen-bond acceptors (Lipinski definition) is 4. The molecule has 0 atom stereocenters. The molecule has 6 nitrogen and oxygen atoms in total. The van der Waals surface area contributed by atoms with Crippen LogP contribution >= 0.6 is 0 Å². The summed E-state index contributed by atoms with van der Waals surface area (Å²) >= 11 is 0. The van der Waals surface area contributed by atoms with Gasteiger partial charge < -0.3 is 9.80 Å². The number of aryl methyl sites for hydroxylation is 2. The molecule has 0 N–H and O–H groups in total. The number of benzene rings is 3. The summed E-state index contributed by atoms with van der Waals surface area (Å²) in [5.74, 6) is -0.533. The highest BCUT2D eigenvalue weighted by Gasteiger charge is 2.31. The Hall–Kier alpha value is -3.23. The average Bonchev–Trinajstić information content (AvgIpc) is 2.88. The molecule has 0 unspecified atom stereocenters. The molecule has 0 aromatic heterocycles. The van der Waals surface area contributed by atoms with Crippen molar-refractivity contribution < 1.29 is 17.6 Å². The van der Waals surface area contributed by atoms with Crippen LogP contribution in [0.1, 0.15) is 16.7 Å². The van der Waals surface area contributed by atoms with Crippen molar-refractivity contribution in [1.82, 2.24) is 9.21 Å². The van der Waals surface area contributed by atoms with Crippen LogP contribution in [0.25, 0.3) is 0 Å². The largest absolute Gasteiger partial charge is 0.366 e. The number of hydrogen-bond donors (Lipinski definition) is 0. The summed E-state index contributed by atoms with van der Waals surface area (Å²) < 4.78 is 42.9. The lowest BCUT2D eigenvalue weighted by Gasteiger charge is -2.37. The van der Waals surface area contributed by atoms with E-state index in [0.717, 1.165) is 11.1 Å². The van der Waals surface area contributed by atoms with Crippen LogP contribution in [-0.4, -0.2) is 62.8 Å². The van der Waals surface area contributed by atoms with Gasteiger partial charge in [0.15, 0.2) is 0 Å². The van der Waals surface area contributed by atoms with Gasteiger partial charge in [-0.1, -0.05) is 54.6 Å². The Bertz CT molecular complexity index is 1310. The third-order valence-electron chi connectivity index (χ3n) is 6.59. The number of amides is 1. The Labute approximate surface area is 213 Å². The second-order valence-electron chi connectivity index (χ2n) is 9.16. The zero-order chi connectivity index (χ0) is 25.7. The summed E-state index contributed by atoms with van der Waals surface area (Å²) in [5.41, 5.74) is 3.02. The molecule has 0 saturated carbocycles. The van der Waals surface area contributed by atoms with Gasteiger partial charge in [0.1, 0.15) is 5.82 Å². The minimum absolute atomic E-state index is 0.195. The van der Waals surface area contributed by atoms with Crippen molar-refractivity contribution in [3.8, 4) is 0 Å². The fraction of sp³-hybridized carbons (Fsp3) is 0.321. The smallest absolute Gasteiger partial charge is 0.243 e. The monoisotopic (exact) mass is 509 g/mol. The second kappa shape index (κ2) is 11.2. The van der Waals surface area contributed by atoms with E-state index in [0.29, 0.717) is 43.9 Å². The highest BCUT2D eigenvalue weighted by atomic mass is 32.2. The minimum atomic E-state index is -3.89. The highest BCUT2D eigenvalue weighted by Crippen LogP contribution is 2.23. The highest BCUT2D eigenvalue weighted by molar-refractivity contribution is 7.89. The fourth-order valence-corrected chi connectivity index (χ4v) is 6.16. The van der Waals surface area contributed by atoms with Crippen molar-refractivity contribution in [2.45, 2.75) is 25.2 Å². The van der Waals surface area contributed by atoms with Gasteiger partial charge in [0.25, 0.3) is 0 Å². The van der Waals surface area contributed by atoms with Crippen LogP contribution < -0.4 is 4.90 Å². The van der Waals surface area contributed by atoms with Crippen molar-refractivity contribution >= 4 is 21.6 Å². The minimum Gasteiger partial charge on any atom is -0.366 e. The normalized spacial score (nSPS) is 14.3. The summed E-state index contributed by atoms with van der Waals surface area (Å²) in [6, 6.07) is 21.6. The van der Waals surface area contributed by atoms with Crippen molar-refractivity contribution in [2.75, 3.05) is 44.2 Å². The van der Waals surface area contributed by atoms with Crippen LogP contribution in [0.15, 0.2) is 77.7 Å². The molecule has 1 aliphatic rings. The molecule has 4 rings (SSSR count). The zero-order valence-electron chi connectivity index (χ0n) is 20.7. The first kappa shape index (κ1) is 25.9. The molecule has 0 radical (unpaired) electrons. The Morgan fingerprint density at radius 2 is 1.58 bits per heavy atom. The topological polar surface area (TPSA) is 60.9 Å². The first-order chi connectivity index (χ1) is 17.3. The summed E-state index contributed by atoms with van der Waals surface area (Å²) in [4.78, 5) is 17.1. The molecule has 0 bridgehead atoms. The van der Waals surface area contributed by atoms with Gasteiger partial charge in [-0.15, -0.1) is 0 Å². The van der Waals surface area contributed by atoms with Crippen molar-refractivity contribution in [3.63, 3.8) is 0 Å². The predicted octanol–water partition coefficient (Wildman–Crippen LogP) is 4.02. The van der Waals surface area contributed by atoms with E-state index >= 15 is 0 Å². The van der Waals surface area contributed by atoms with Gasteiger partial charge in [0.2, 0.25) is 15.9 Å². The Kier molecular flexibility index (Phi) is 8.06. The van der Waals surface area contributed by atoms with Gasteiger partial charge in [0, 0.05) is 32.7 Å². The summed E-state index contributed by atoms with van der Waals surface area (Å²) in [5, 5.41) is 0. The van der Waals surface area contributed by atoms with Crippen molar-refractivity contribution in [1.29, 1.82) is 0 Å². The maximum absolute atomic E-state index is 14.2. The molecule has 3 aromatic carbocycles. The molecule has 190 valence electrons. The molecule has 1 fully saturated rings. The summed E-state index contributed by atoms with van der Waals surface area (Å²) in [6.07, 6.45) is 0.499. The van der Waals surface area contributed by atoms with Crippen LogP contribution in [0.3, 0.4) is 0 Å². The number of rotatable bonds is 8. The average molecular weight is 510 g/mol. The predicted molar refractivity (Wildman–Crippen MR) is 140 cm³/mol. The van der Waals surface area contributed by atoms with Crippen LogP contribution in [0.2, 0.25) is 0 Å². The van der Waals surface area contributed by atoms with E-state index in [1.165, 1.54) is 10.4 Å². The van der Waals surface area contributed by atoms with Gasteiger partial charge in [-0.2, -0.15) is 4.31 Å². The van der Waals surface area contributed by atoms with Gasteiger partial charge in [-0.3, -0.25) is 4.79 Å². The number of sulfonamides is 1. The van der Waals surface area contributed by atoms with Crippen LogP contribution in [-0.2, 0) is 21.2 Å². The number of para-hydroxylation sites is 1. The fourth-order valence-electron chi connectivity index (χ4n) is 4.46. The molecular weight excluding hydrogens is 477 g/mol. The number of carbonyl (C=O) groups excluding carboxylic acids is 1. The van der Waals surface area contributed by atoms with Gasteiger partial charge >= 0.3 is 0 Å². The maximum atomic E-state index is 14.2. The number of nitrogens with zero attached hydrogens (tertiary/aromatic N) is 3. The van der Waals surface area contributed by atoms with Gasteiger partial charge in [-0.05, 0) is 55.2 Å². The van der Waals surface area contributed by atoms with Gasteiger partial charge in [0.05, 0.1) is 17.1 Å². The molecule has 1 aliphatic heterocycles. The third-order valence-corrected chi connectivity index (χ3v) is 8.58. The van der Waals surface area contributed by atoms with Crippen LogP contribution in [0.5, 0.6) is 0 Å². The van der Waals surface area contributed by atoms with E-state index in [1.54, 1.807) is 42.2 Å². The first-order valence-electron chi connectivity index (χ1n) is 12.1. The molecule has 8 heteroatoms. The third kappa shape index (κ3) is 5.94. The Balaban J connectivity index is 1.50. The number of piperazine rings is 1. The molecule has 0 aliphatic carbocycles. The standard InChI is InChI=1S/C28H32FN3O3S/c1-22-12-13-23(2)27(20-22)36(34,35)32(15-14-24-8-4-3-5-9-24)21-28(33)31-18-16-30(17-19-31)26-11-7-6-10-25(26)29/h3-13,20H,14-19,21H2,1-2H3. The molecule has 1 saturated heterocycles. The first-order valence-corrected chi connectivity index (χ1v) is 13.6. The summed E-state index contributed by atoms with van der Waals surface area (Å²) in [7, 11) is -3.89. The molecule has 1 heterocycles. The molecule has 1 amide bonds. The number of halogens is 1. The lowest BCUT2D eigenvalue weighted by atomic mass is 10.1. The molecule has 36 heavy (non-hydrogen) atoms. The van der Waals surface area contributed by atoms with E-state index < -0.39 is 10.0 Å². The van der Waals surface area contributed by atoms with E-state index in [9.17, 15) is 17.6 Å². The Morgan fingerprint density at radius 1 is 0.917 bits per heavy atom. The lowest BCUT2D eigenvalue weighted by Crippen LogP contribution is -2.52. The number of anilines is 1. The molecule has 3 aromatic rings. The molecule has 0 spiro atoms. The maximum Gasteiger partial charge on any atom is 0.243 e. The Morgan fingerprint density at radius 3 is 2.28 bits per heavy atom. The zero-order valence-corrected chi connectivity index (χ0v) is 21.5. The summed E-state index contributed by atoms with van der Waals surface area (Å²) in [6.45, 7) is 5.37. The quantitative estimate of drug-likeness (QED) is 0.460. The van der Waals surface area contributed by atoms with Crippen molar-refractivity contribution in [3.05, 3.63) is 95.3 Å². The van der Waals surface area contributed by atoms with E-state index in [2.05, 4.69) is 0 Å². The van der Waals surface area contributed by atoms with Gasteiger partial charge in [-0.25, -0.2) is 12.8 Å². The van der Waals surface area contributed by atoms with E-state index in [4.69, 9.17) is 0 Å². The van der Waals surface area contributed by atoms with E-state index in [-0.39, 0.29) is 29.7 Å². The van der Waals surface area contributed by atoms with Crippen LogP contribution in [0.4, 0.5) is 10.1 Å². The number of carbonyl (C=O) groups is 1.